The van der Waals surface area contributed by atoms with Gasteiger partial charge in [-0.25, -0.2) is 4.98 Å². The number of amides is 2. The first-order valence-corrected chi connectivity index (χ1v) is 12.5. The summed E-state index contributed by atoms with van der Waals surface area (Å²) in [5.41, 5.74) is 1.27. The van der Waals surface area contributed by atoms with Gasteiger partial charge >= 0.3 is 0 Å². The number of hydrogen-bond donors (Lipinski definition) is 0. The topological polar surface area (TPSA) is 66.4 Å². The van der Waals surface area contributed by atoms with Crippen molar-refractivity contribution in [1.29, 1.82) is 0 Å². The number of fused-ring (bicyclic) bond motifs is 1. The van der Waals surface area contributed by atoms with Crippen LogP contribution in [0, 0.1) is 5.92 Å². The van der Waals surface area contributed by atoms with E-state index in [-0.39, 0.29) is 11.8 Å². The van der Waals surface area contributed by atoms with E-state index in [1.807, 2.05) is 16.3 Å². The maximum atomic E-state index is 13.3. The van der Waals surface area contributed by atoms with Gasteiger partial charge in [-0.2, -0.15) is 0 Å². The molecule has 164 valence electrons. The molecule has 0 spiro atoms. The molecule has 2 unspecified atom stereocenters. The van der Waals surface area contributed by atoms with Crippen LogP contribution < -0.4 is 0 Å². The van der Waals surface area contributed by atoms with Gasteiger partial charge in [-0.15, -0.1) is 11.3 Å². The first kappa shape index (κ1) is 20.6. The summed E-state index contributed by atoms with van der Waals surface area (Å²) in [6.07, 6.45) is 12.5. The molecule has 4 heterocycles. The molecule has 0 bridgehead atoms. The van der Waals surface area contributed by atoms with Crippen molar-refractivity contribution < 1.29 is 9.59 Å². The zero-order valence-corrected chi connectivity index (χ0v) is 18.7. The standard InChI is InChI=1S/C24H30N4O2S/c29-23(19-6-3-11-25-15-19)27-13-9-18(10-14-27)22-26-20(16-31-22)24(30)28-12-4-7-17-5-1-2-8-21(17)28/h3,6,11,15-18,21H,1-2,4-5,7-10,12-14H2. The second-order valence-corrected chi connectivity index (χ2v) is 10.0. The third-order valence-corrected chi connectivity index (χ3v) is 8.29. The Morgan fingerprint density at radius 3 is 2.58 bits per heavy atom. The third-order valence-electron chi connectivity index (χ3n) is 7.29. The Hall–Kier alpha value is -2.28. The SMILES string of the molecule is O=C(c1cccnc1)N1CCC(c2nc(C(=O)N3CCCC4CCCCC43)cs2)CC1. The Kier molecular flexibility index (Phi) is 6.03. The molecule has 0 aromatic carbocycles. The lowest BCUT2D eigenvalue weighted by Gasteiger charge is -2.43. The summed E-state index contributed by atoms with van der Waals surface area (Å²) in [4.78, 5) is 38.8. The second-order valence-electron chi connectivity index (χ2n) is 9.13. The van der Waals surface area contributed by atoms with Gasteiger partial charge in [0.2, 0.25) is 0 Å². The maximum Gasteiger partial charge on any atom is 0.273 e. The number of thiazole rings is 1. The first-order valence-electron chi connectivity index (χ1n) is 11.7. The van der Waals surface area contributed by atoms with E-state index in [1.165, 1.54) is 25.7 Å². The first-order chi connectivity index (χ1) is 15.2. The summed E-state index contributed by atoms with van der Waals surface area (Å²) in [5, 5.41) is 3.01. The Bertz CT molecular complexity index is 921. The molecule has 7 heteroatoms. The van der Waals surface area contributed by atoms with E-state index in [2.05, 4.69) is 9.88 Å². The molecule has 0 N–H and O–H groups in total. The summed E-state index contributed by atoms with van der Waals surface area (Å²) in [6, 6.07) is 4.03. The highest BCUT2D eigenvalue weighted by molar-refractivity contribution is 7.09. The zero-order valence-electron chi connectivity index (χ0n) is 17.9. The van der Waals surface area contributed by atoms with Crippen LogP contribution in [0.2, 0.25) is 0 Å². The lowest BCUT2D eigenvalue weighted by atomic mass is 9.78. The molecule has 2 atom stereocenters. The molecule has 5 rings (SSSR count). The zero-order chi connectivity index (χ0) is 21.2. The van der Waals surface area contributed by atoms with E-state index < -0.39 is 0 Å². The van der Waals surface area contributed by atoms with Crippen LogP contribution in [-0.2, 0) is 0 Å². The molecule has 2 aromatic rings. The van der Waals surface area contributed by atoms with Crippen molar-refractivity contribution in [2.24, 2.45) is 5.92 Å². The molecular weight excluding hydrogens is 408 g/mol. The molecule has 2 aromatic heterocycles. The van der Waals surface area contributed by atoms with Crippen LogP contribution in [0.3, 0.4) is 0 Å². The van der Waals surface area contributed by atoms with Gasteiger partial charge in [-0.05, 0) is 56.6 Å². The van der Waals surface area contributed by atoms with Gasteiger partial charge in [0.15, 0.2) is 0 Å². The molecule has 2 amide bonds. The lowest BCUT2D eigenvalue weighted by molar-refractivity contribution is 0.0385. The summed E-state index contributed by atoms with van der Waals surface area (Å²) in [5.74, 6) is 1.19. The summed E-state index contributed by atoms with van der Waals surface area (Å²) in [6.45, 7) is 2.32. The number of carbonyl (C=O) groups excluding carboxylic acids is 2. The third kappa shape index (κ3) is 4.25. The van der Waals surface area contributed by atoms with Crippen molar-refractivity contribution in [1.82, 2.24) is 19.8 Å². The average molecular weight is 439 g/mol. The van der Waals surface area contributed by atoms with Crippen molar-refractivity contribution in [3.63, 3.8) is 0 Å². The number of hydrogen-bond acceptors (Lipinski definition) is 5. The summed E-state index contributed by atoms with van der Waals surface area (Å²) >= 11 is 1.61. The van der Waals surface area contributed by atoms with Crippen LogP contribution in [0.1, 0.15) is 83.1 Å². The van der Waals surface area contributed by atoms with Gasteiger partial charge in [0.05, 0.1) is 10.6 Å². The van der Waals surface area contributed by atoms with Gasteiger partial charge in [-0.1, -0.05) is 12.8 Å². The van der Waals surface area contributed by atoms with Crippen LogP contribution in [0.5, 0.6) is 0 Å². The molecule has 2 aliphatic heterocycles. The smallest absolute Gasteiger partial charge is 0.273 e. The molecule has 2 saturated heterocycles. The largest absolute Gasteiger partial charge is 0.339 e. The van der Waals surface area contributed by atoms with E-state index in [1.54, 1.807) is 29.8 Å². The summed E-state index contributed by atoms with van der Waals surface area (Å²) in [7, 11) is 0. The monoisotopic (exact) mass is 438 g/mol. The number of rotatable bonds is 3. The van der Waals surface area contributed by atoms with E-state index in [0.717, 1.165) is 50.3 Å². The Morgan fingerprint density at radius 2 is 1.77 bits per heavy atom. The molecule has 3 aliphatic rings. The van der Waals surface area contributed by atoms with Crippen molar-refractivity contribution in [3.05, 3.63) is 46.2 Å². The highest BCUT2D eigenvalue weighted by Crippen LogP contribution is 2.37. The molecule has 6 nitrogen and oxygen atoms in total. The summed E-state index contributed by atoms with van der Waals surface area (Å²) < 4.78 is 0. The highest BCUT2D eigenvalue weighted by atomic mass is 32.1. The van der Waals surface area contributed by atoms with Crippen LogP contribution >= 0.6 is 11.3 Å². The Labute approximate surface area is 187 Å². The van der Waals surface area contributed by atoms with E-state index in [0.29, 0.717) is 29.1 Å². The fraction of sp³-hybridized carbons (Fsp3) is 0.583. The number of nitrogens with zero attached hydrogens (tertiary/aromatic N) is 4. The van der Waals surface area contributed by atoms with E-state index in [4.69, 9.17) is 4.98 Å². The average Bonchev–Trinajstić information content (AvgIpc) is 3.34. The Balaban J connectivity index is 1.21. The van der Waals surface area contributed by atoms with Gasteiger partial charge in [-0.3, -0.25) is 14.6 Å². The number of carbonyl (C=O) groups is 2. The van der Waals surface area contributed by atoms with E-state index in [9.17, 15) is 9.59 Å². The van der Waals surface area contributed by atoms with Gasteiger partial charge < -0.3 is 9.80 Å². The molecule has 1 aliphatic carbocycles. The van der Waals surface area contributed by atoms with Gasteiger partial charge in [0, 0.05) is 49.4 Å². The van der Waals surface area contributed by atoms with Crippen molar-refractivity contribution in [3.8, 4) is 0 Å². The van der Waals surface area contributed by atoms with Crippen LogP contribution in [0.15, 0.2) is 29.9 Å². The molecule has 1 saturated carbocycles. The molecular formula is C24H30N4O2S. The normalized spacial score (nSPS) is 24.6. The second kappa shape index (κ2) is 9.07. The van der Waals surface area contributed by atoms with Crippen molar-refractivity contribution in [2.45, 2.75) is 63.3 Å². The predicted octanol–water partition coefficient (Wildman–Crippen LogP) is 4.35. The molecule has 31 heavy (non-hydrogen) atoms. The van der Waals surface area contributed by atoms with Crippen molar-refractivity contribution >= 4 is 23.2 Å². The number of piperidine rings is 2. The number of likely N-dealkylation sites (tertiary alicyclic amines) is 2. The highest BCUT2D eigenvalue weighted by Gasteiger charge is 2.37. The molecule has 3 fully saturated rings. The quantitative estimate of drug-likeness (QED) is 0.714. The minimum Gasteiger partial charge on any atom is -0.339 e. The fourth-order valence-electron chi connectivity index (χ4n) is 5.60. The van der Waals surface area contributed by atoms with Crippen LogP contribution in [0.25, 0.3) is 0 Å². The minimum atomic E-state index is 0.0497. The van der Waals surface area contributed by atoms with Gasteiger partial charge in [0.1, 0.15) is 5.69 Å². The van der Waals surface area contributed by atoms with Gasteiger partial charge in [0.25, 0.3) is 11.8 Å². The molecule has 0 radical (unpaired) electrons. The van der Waals surface area contributed by atoms with Crippen LogP contribution in [-0.4, -0.2) is 57.3 Å². The minimum absolute atomic E-state index is 0.0497. The van der Waals surface area contributed by atoms with Crippen LogP contribution in [0.4, 0.5) is 0 Å². The Morgan fingerprint density at radius 1 is 0.968 bits per heavy atom. The lowest BCUT2D eigenvalue weighted by Crippen LogP contribution is -2.49. The van der Waals surface area contributed by atoms with Crippen molar-refractivity contribution in [2.75, 3.05) is 19.6 Å². The predicted molar refractivity (Wildman–Crippen MR) is 120 cm³/mol. The number of pyridine rings is 1. The number of aromatic nitrogens is 2. The fourth-order valence-corrected chi connectivity index (χ4v) is 6.56. The van der Waals surface area contributed by atoms with E-state index >= 15 is 0 Å². The maximum absolute atomic E-state index is 13.3.